The van der Waals surface area contributed by atoms with E-state index in [2.05, 4.69) is 5.32 Å². The zero-order chi connectivity index (χ0) is 13.1. The van der Waals surface area contributed by atoms with E-state index in [1.165, 1.54) is 0 Å². The summed E-state index contributed by atoms with van der Waals surface area (Å²) in [5.41, 5.74) is 0. The van der Waals surface area contributed by atoms with Crippen LogP contribution in [0.2, 0.25) is 0 Å². The molecule has 1 N–H and O–H groups in total. The van der Waals surface area contributed by atoms with Crippen molar-refractivity contribution in [3.05, 3.63) is 0 Å². The van der Waals surface area contributed by atoms with Gasteiger partial charge in [0.25, 0.3) is 0 Å². The molecule has 2 atom stereocenters. The lowest BCUT2D eigenvalue weighted by Gasteiger charge is -2.33. The van der Waals surface area contributed by atoms with Gasteiger partial charge in [-0.3, -0.25) is 9.59 Å². The monoisotopic (exact) mass is 253 g/mol. The Bertz CT molecular complexity index is 332. The van der Waals surface area contributed by atoms with Crippen molar-refractivity contribution >= 4 is 11.8 Å². The molecule has 2 aliphatic heterocycles. The number of hydrogen-bond acceptors (Lipinski definition) is 3. The molecule has 5 heteroatoms. The van der Waals surface area contributed by atoms with Crippen LogP contribution in [0.1, 0.15) is 25.7 Å². The number of likely N-dealkylation sites (tertiary alicyclic amines) is 2. The van der Waals surface area contributed by atoms with Crippen molar-refractivity contribution in [2.24, 2.45) is 5.92 Å². The molecule has 0 aromatic carbocycles. The van der Waals surface area contributed by atoms with Crippen LogP contribution in [0.4, 0.5) is 0 Å². The van der Waals surface area contributed by atoms with Gasteiger partial charge in [0, 0.05) is 45.1 Å². The molecule has 2 unspecified atom stereocenters. The predicted molar refractivity (Wildman–Crippen MR) is 69.0 cm³/mol. The van der Waals surface area contributed by atoms with Crippen LogP contribution in [-0.2, 0) is 9.59 Å². The molecule has 18 heavy (non-hydrogen) atoms. The fraction of sp³-hybridized carbons (Fsp3) is 0.846. The van der Waals surface area contributed by atoms with E-state index < -0.39 is 0 Å². The maximum Gasteiger partial charge on any atom is 0.226 e. The van der Waals surface area contributed by atoms with E-state index in [4.69, 9.17) is 0 Å². The molecule has 0 radical (unpaired) electrons. The van der Waals surface area contributed by atoms with Crippen molar-refractivity contribution in [3.63, 3.8) is 0 Å². The summed E-state index contributed by atoms with van der Waals surface area (Å²) in [6, 6.07) is 0.317. The summed E-state index contributed by atoms with van der Waals surface area (Å²) in [5.74, 6) is 0.198. The molecule has 102 valence electrons. The van der Waals surface area contributed by atoms with Gasteiger partial charge in [0.2, 0.25) is 11.8 Å². The number of nitrogens with zero attached hydrogens (tertiary/aromatic N) is 2. The highest BCUT2D eigenvalue weighted by Crippen LogP contribution is 2.25. The van der Waals surface area contributed by atoms with E-state index in [0.29, 0.717) is 19.0 Å². The third-order valence-electron chi connectivity index (χ3n) is 4.11. The maximum atomic E-state index is 12.5. The Kier molecular flexibility index (Phi) is 4.22. The molecule has 2 heterocycles. The number of carbonyl (C=O) groups excluding carboxylic acids is 2. The van der Waals surface area contributed by atoms with Crippen molar-refractivity contribution in [1.29, 1.82) is 0 Å². The molecule has 2 fully saturated rings. The van der Waals surface area contributed by atoms with Crippen LogP contribution in [0.5, 0.6) is 0 Å². The number of hydrogen-bond donors (Lipinski definition) is 1. The average molecular weight is 253 g/mol. The molecular formula is C13H23N3O2. The molecule has 0 aliphatic carbocycles. The van der Waals surface area contributed by atoms with E-state index in [1.54, 1.807) is 4.90 Å². The highest BCUT2D eigenvalue weighted by Gasteiger charge is 2.35. The maximum absolute atomic E-state index is 12.5. The Morgan fingerprint density at radius 2 is 2.17 bits per heavy atom. The van der Waals surface area contributed by atoms with Crippen LogP contribution < -0.4 is 5.32 Å². The minimum absolute atomic E-state index is 0.0915. The smallest absolute Gasteiger partial charge is 0.226 e. The quantitative estimate of drug-likeness (QED) is 0.774. The minimum atomic E-state index is -0.0915. The number of likely N-dealkylation sites (N-methyl/N-ethyl adjacent to an activating group) is 1. The first-order valence-corrected chi connectivity index (χ1v) is 6.82. The van der Waals surface area contributed by atoms with E-state index in [1.807, 2.05) is 19.0 Å². The third kappa shape index (κ3) is 2.66. The van der Waals surface area contributed by atoms with E-state index in [-0.39, 0.29) is 17.7 Å². The molecule has 2 saturated heterocycles. The standard InChI is InChI=1S/C13H23N3O2/c1-14-9-11-4-3-6-16(11)13(18)10-5-7-15(2)12(17)8-10/h10-11,14H,3-9H2,1-2H3. The van der Waals surface area contributed by atoms with Crippen LogP contribution >= 0.6 is 0 Å². The second-order valence-electron chi connectivity index (χ2n) is 5.39. The summed E-state index contributed by atoms with van der Waals surface area (Å²) >= 11 is 0. The second kappa shape index (κ2) is 5.69. The van der Waals surface area contributed by atoms with Gasteiger partial charge in [-0.1, -0.05) is 0 Å². The molecule has 0 bridgehead atoms. The summed E-state index contributed by atoms with van der Waals surface area (Å²) in [6.07, 6.45) is 3.35. The number of carbonyl (C=O) groups is 2. The van der Waals surface area contributed by atoms with Gasteiger partial charge < -0.3 is 15.1 Å². The molecule has 0 spiro atoms. The second-order valence-corrected chi connectivity index (χ2v) is 5.39. The van der Waals surface area contributed by atoms with Gasteiger partial charge in [0.1, 0.15) is 0 Å². The van der Waals surface area contributed by atoms with Crippen LogP contribution in [0.15, 0.2) is 0 Å². The third-order valence-corrected chi connectivity index (χ3v) is 4.11. The molecule has 2 rings (SSSR count). The normalized spacial score (nSPS) is 28.9. The van der Waals surface area contributed by atoms with Crippen molar-refractivity contribution < 1.29 is 9.59 Å². The topological polar surface area (TPSA) is 52.7 Å². The zero-order valence-corrected chi connectivity index (χ0v) is 11.3. The van der Waals surface area contributed by atoms with E-state index >= 15 is 0 Å². The Morgan fingerprint density at radius 3 is 2.83 bits per heavy atom. The number of piperidine rings is 1. The first-order chi connectivity index (χ1) is 8.63. The highest BCUT2D eigenvalue weighted by molar-refractivity contribution is 5.87. The van der Waals surface area contributed by atoms with Crippen molar-refractivity contribution in [3.8, 4) is 0 Å². The Morgan fingerprint density at radius 1 is 1.39 bits per heavy atom. The minimum Gasteiger partial charge on any atom is -0.346 e. The van der Waals surface area contributed by atoms with Crippen molar-refractivity contribution in [1.82, 2.24) is 15.1 Å². The first-order valence-electron chi connectivity index (χ1n) is 6.82. The van der Waals surface area contributed by atoms with Crippen LogP contribution in [-0.4, -0.2) is 61.4 Å². The van der Waals surface area contributed by atoms with Gasteiger partial charge in [-0.15, -0.1) is 0 Å². The van der Waals surface area contributed by atoms with E-state index in [9.17, 15) is 9.59 Å². The lowest BCUT2D eigenvalue weighted by atomic mass is 9.94. The van der Waals surface area contributed by atoms with Crippen molar-refractivity contribution in [2.45, 2.75) is 31.7 Å². The molecule has 5 nitrogen and oxygen atoms in total. The summed E-state index contributed by atoms with van der Waals surface area (Å²) < 4.78 is 0. The highest BCUT2D eigenvalue weighted by atomic mass is 16.2. The molecule has 2 aliphatic rings. The van der Waals surface area contributed by atoms with Gasteiger partial charge >= 0.3 is 0 Å². The summed E-state index contributed by atoms with van der Waals surface area (Å²) in [4.78, 5) is 27.8. The molecule has 0 saturated carbocycles. The zero-order valence-electron chi connectivity index (χ0n) is 11.3. The predicted octanol–water partition coefficient (Wildman–Crippen LogP) is 0.0652. The SMILES string of the molecule is CNCC1CCCN1C(=O)C1CCN(C)C(=O)C1. The van der Waals surface area contributed by atoms with E-state index in [0.717, 1.165) is 32.4 Å². The average Bonchev–Trinajstić information content (AvgIpc) is 2.80. The van der Waals surface area contributed by atoms with Crippen molar-refractivity contribution in [2.75, 3.05) is 33.7 Å². The van der Waals surface area contributed by atoms with Gasteiger partial charge in [-0.2, -0.15) is 0 Å². The van der Waals surface area contributed by atoms with Gasteiger partial charge in [-0.25, -0.2) is 0 Å². The number of rotatable bonds is 3. The summed E-state index contributed by atoms with van der Waals surface area (Å²) in [6.45, 7) is 2.41. The molecule has 0 aromatic heterocycles. The Labute approximate surface area is 108 Å². The van der Waals surface area contributed by atoms with Crippen LogP contribution in [0, 0.1) is 5.92 Å². The first kappa shape index (κ1) is 13.3. The fourth-order valence-electron chi connectivity index (χ4n) is 2.96. The molecule has 2 amide bonds. The molecular weight excluding hydrogens is 230 g/mol. The lowest BCUT2D eigenvalue weighted by molar-refractivity contribution is -0.144. The van der Waals surface area contributed by atoms with Gasteiger partial charge in [0.15, 0.2) is 0 Å². The fourth-order valence-corrected chi connectivity index (χ4v) is 2.96. The van der Waals surface area contributed by atoms with Gasteiger partial charge in [-0.05, 0) is 26.3 Å². The van der Waals surface area contributed by atoms with Crippen LogP contribution in [0.3, 0.4) is 0 Å². The lowest BCUT2D eigenvalue weighted by Crippen LogP contribution is -2.47. The number of amides is 2. The largest absolute Gasteiger partial charge is 0.346 e. The van der Waals surface area contributed by atoms with Gasteiger partial charge in [0.05, 0.1) is 0 Å². The summed E-state index contributed by atoms with van der Waals surface area (Å²) in [7, 11) is 3.72. The Hall–Kier alpha value is -1.10. The number of nitrogens with one attached hydrogen (secondary N) is 1. The van der Waals surface area contributed by atoms with Crippen LogP contribution in [0.25, 0.3) is 0 Å². The molecule has 0 aromatic rings. The summed E-state index contributed by atoms with van der Waals surface area (Å²) in [5, 5.41) is 3.14. The Balaban J connectivity index is 1.96.